The third-order valence-electron chi connectivity index (χ3n) is 5.49. The molecule has 3 rings (SSSR count). The first-order chi connectivity index (χ1) is 12.8. The van der Waals surface area contributed by atoms with Crippen LogP contribution >= 0.6 is 0 Å². The highest BCUT2D eigenvalue weighted by Gasteiger charge is 2.22. The van der Waals surface area contributed by atoms with Crippen LogP contribution in [0.25, 0.3) is 0 Å². The van der Waals surface area contributed by atoms with E-state index in [1.807, 2.05) is 30.3 Å². The summed E-state index contributed by atoms with van der Waals surface area (Å²) in [6.45, 7) is 3.93. The van der Waals surface area contributed by atoms with Gasteiger partial charge < -0.3 is 20.3 Å². The number of para-hydroxylation sites is 1. The van der Waals surface area contributed by atoms with Gasteiger partial charge in [0, 0.05) is 31.7 Å². The monoisotopic (exact) mass is 359 g/mol. The number of ether oxygens (including phenoxy) is 1. The molecule has 1 saturated heterocycles. The number of carbonyl (C=O) groups excluding carboxylic acids is 1. The van der Waals surface area contributed by atoms with Crippen molar-refractivity contribution in [1.29, 1.82) is 0 Å². The summed E-state index contributed by atoms with van der Waals surface area (Å²) in [6, 6.07) is 10.7. The molecule has 0 spiro atoms. The molecule has 2 amide bonds. The molecule has 5 nitrogen and oxygen atoms in total. The maximum absolute atomic E-state index is 12.2. The molecule has 1 saturated carbocycles. The number of hydrogen-bond acceptors (Lipinski definition) is 3. The van der Waals surface area contributed by atoms with Crippen LogP contribution in [0.3, 0.4) is 0 Å². The molecule has 2 aliphatic rings. The highest BCUT2D eigenvalue weighted by atomic mass is 16.5. The van der Waals surface area contributed by atoms with E-state index in [4.69, 9.17) is 4.74 Å². The van der Waals surface area contributed by atoms with Crippen molar-refractivity contribution in [3.8, 4) is 5.75 Å². The van der Waals surface area contributed by atoms with Gasteiger partial charge in [0.15, 0.2) is 0 Å². The lowest BCUT2D eigenvalue weighted by Gasteiger charge is -2.33. The van der Waals surface area contributed by atoms with Gasteiger partial charge in [-0.15, -0.1) is 0 Å². The van der Waals surface area contributed by atoms with Crippen LogP contribution in [0.15, 0.2) is 30.3 Å². The van der Waals surface area contributed by atoms with Crippen molar-refractivity contribution in [2.24, 2.45) is 0 Å². The maximum atomic E-state index is 12.2. The van der Waals surface area contributed by atoms with E-state index in [1.54, 1.807) is 0 Å². The number of amides is 2. The minimum Gasteiger partial charge on any atom is -0.494 e. The molecule has 0 atom stereocenters. The number of nitrogens with one attached hydrogen (secondary N) is 2. The third-order valence-corrected chi connectivity index (χ3v) is 5.49. The lowest BCUT2D eigenvalue weighted by molar-refractivity contribution is 0.178. The van der Waals surface area contributed by atoms with Crippen LogP contribution in [0, 0.1) is 0 Å². The lowest BCUT2D eigenvalue weighted by atomic mass is 9.96. The van der Waals surface area contributed by atoms with E-state index in [-0.39, 0.29) is 6.03 Å². The van der Waals surface area contributed by atoms with Gasteiger partial charge in [0.1, 0.15) is 5.75 Å². The summed E-state index contributed by atoms with van der Waals surface area (Å²) in [5.74, 6) is 0.944. The Kier molecular flexibility index (Phi) is 7.62. The normalized spacial score (nSPS) is 19.8. The first-order valence-corrected chi connectivity index (χ1v) is 10.3. The van der Waals surface area contributed by atoms with Crippen molar-refractivity contribution < 1.29 is 9.53 Å². The topological polar surface area (TPSA) is 53.6 Å². The number of piperidine rings is 1. The molecule has 26 heavy (non-hydrogen) atoms. The van der Waals surface area contributed by atoms with E-state index in [1.165, 1.54) is 19.3 Å². The van der Waals surface area contributed by atoms with E-state index in [9.17, 15) is 4.79 Å². The minimum atomic E-state index is 0.0339. The summed E-state index contributed by atoms with van der Waals surface area (Å²) in [6.07, 6.45) is 9.20. The van der Waals surface area contributed by atoms with Crippen molar-refractivity contribution in [1.82, 2.24) is 15.5 Å². The molecule has 2 N–H and O–H groups in total. The van der Waals surface area contributed by atoms with Crippen LogP contribution in [0.2, 0.25) is 0 Å². The fraction of sp³-hybridized carbons (Fsp3) is 0.667. The molecule has 1 aliphatic heterocycles. The van der Waals surface area contributed by atoms with Gasteiger partial charge >= 0.3 is 6.03 Å². The quantitative estimate of drug-likeness (QED) is 0.732. The van der Waals surface area contributed by atoms with Gasteiger partial charge in [0.2, 0.25) is 0 Å². The molecular weight excluding hydrogens is 326 g/mol. The van der Waals surface area contributed by atoms with Crippen LogP contribution < -0.4 is 15.4 Å². The Balaban J connectivity index is 1.25. The van der Waals surface area contributed by atoms with Gasteiger partial charge in [-0.2, -0.15) is 0 Å². The third kappa shape index (κ3) is 6.52. The highest BCUT2D eigenvalue weighted by molar-refractivity contribution is 5.74. The number of carbonyl (C=O) groups is 1. The minimum absolute atomic E-state index is 0.0339. The maximum Gasteiger partial charge on any atom is 0.315 e. The predicted octanol–water partition coefficient (Wildman–Crippen LogP) is 3.55. The first-order valence-electron chi connectivity index (χ1n) is 10.3. The molecule has 2 fully saturated rings. The zero-order valence-corrected chi connectivity index (χ0v) is 15.8. The lowest BCUT2D eigenvalue weighted by Crippen LogP contribution is -2.50. The molecule has 1 aromatic carbocycles. The first kappa shape index (κ1) is 19.0. The predicted molar refractivity (Wildman–Crippen MR) is 105 cm³/mol. The standard InChI is InChI=1S/C21H33N3O2/c25-21(22-18-8-3-1-4-9-18)23-19-12-15-24(16-13-19)14-7-17-26-20-10-5-2-6-11-20/h2,5-6,10-11,18-19H,1,3-4,7-9,12-17H2,(H2,22,23,25). The summed E-state index contributed by atoms with van der Waals surface area (Å²) in [7, 11) is 0. The van der Waals surface area contributed by atoms with Crippen LogP contribution in [0.4, 0.5) is 4.79 Å². The van der Waals surface area contributed by atoms with Crippen LogP contribution in [0.1, 0.15) is 51.4 Å². The zero-order chi connectivity index (χ0) is 18.0. The Morgan fingerprint density at radius 3 is 2.31 bits per heavy atom. The average molecular weight is 360 g/mol. The Morgan fingerprint density at radius 1 is 0.962 bits per heavy atom. The van der Waals surface area contributed by atoms with Gasteiger partial charge in [-0.3, -0.25) is 0 Å². The molecule has 0 unspecified atom stereocenters. The summed E-state index contributed by atoms with van der Waals surface area (Å²) in [5, 5.41) is 6.33. The fourth-order valence-corrected chi connectivity index (χ4v) is 3.96. The molecule has 1 aliphatic carbocycles. The second-order valence-corrected chi connectivity index (χ2v) is 7.58. The van der Waals surface area contributed by atoms with Crippen molar-refractivity contribution in [3.05, 3.63) is 30.3 Å². The van der Waals surface area contributed by atoms with Crippen LogP contribution in [-0.4, -0.2) is 49.3 Å². The molecule has 0 bridgehead atoms. The molecule has 0 aromatic heterocycles. The molecule has 1 heterocycles. The number of hydrogen-bond donors (Lipinski definition) is 2. The van der Waals surface area contributed by atoms with Crippen molar-refractivity contribution in [2.75, 3.05) is 26.2 Å². The van der Waals surface area contributed by atoms with Gasteiger partial charge in [0.05, 0.1) is 6.61 Å². The number of benzene rings is 1. The fourth-order valence-electron chi connectivity index (χ4n) is 3.96. The second-order valence-electron chi connectivity index (χ2n) is 7.58. The van der Waals surface area contributed by atoms with Crippen LogP contribution in [0.5, 0.6) is 5.75 Å². The van der Waals surface area contributed by atoms with E-state index < -0.39 is 0 Å². The summed E-state index contributed by atoms with van der Waals surface area (Å²) >= 11 is 0. The van der Waals surface area contributed by atoms with Gasteiger partial charge in [-0.1, -0.05) is 37.5 Å². The number of rotatable bonds is 7. The van der Waals surface area contributed by atoms with Crippen molar-refractivity contribution in [3.63, 3.8) is 0 Å². The van der Waals surface area contributed by atoms with E-state index in [0.717, 1.165) is 64.1 Å². The Morgan fingerprint density at radius 2 is 1.62 bits per heavy atom. The number of likely N-dealkylation sites (tertiary alicyclic amines) is 1. The molecular formula is C21H33N3O2. The van der Waals surface area contributed by atoms with Gasteiger partial charge in [-0.05, 0) is 44.2 Å². The second kappa shape index (κ2) is 10.4. The molecule has 0 radical (unpaired) electrons. The summed E-state index contributed by atoms with van der Waals surface area (Å²) < 4.78 is 5.75. The van der Waals surface area contributed by atoms with Crippen molar-refractivity contribution >= 4 is 6.03 Å². The van der Waals surface area contributed by atoms with Crippen molar-refractivity contribution in [2.45, 2.75) is 63.5 Å². The van der Waals surface area contributed by atoms with Gasteiger partial charge in [0.25, 0.3) is 0 Å². The van der Waals surface area contributed by atoms with Gasteiger partial charge in [-0.25, -0.2) is 4.79 Å². The zero-order valence-electron chi connectivity index (χ0n) is 15.8. The number of urea groups is 1. The summed E-state index contributed by atoms with van der Waals surface area (Å²) in [5.41, 5.74) is 0. The Labute approximate surface area is 157 Å². The number of nitrogens with zero attached hydrogens (tertiary/aromatic N) is 1. The molecule has 144 valence electrons. The largest absolute Gasteiger partial charge is 0.494 e. The average Bonchev–Trinajstić information content (AvgIpc) is 2.68. The SMILES string of the molecule is O=C(NC1CCCCC1)NC1CCN(CCCOc2ccccc2)CC1. The van der Waals surface area contributed by atoms with Crippen LogP contribution in [-0.2, 0) is 0 Å². The van der Waals surface area contributed by atoms with E-state index in [0.29, 0.717) is 12.1 Å². The Bertz CT molecular complexity index is 523. The van der Waals surface area contributed by atoms with E-state index in [2.05, 4.69) is 15.5 Å². The summed E-state index contributed by atoms with van der Waals surface area (Å²) in [4.78, 5) is 14.6. The highest BCUT2D eigenvalue weighted by Crippen LogP contribution is 2.17. The Hall–Kier alpha value is -1.75. The molecule has 1 aromatic rings. The van der Waals surface area contributed by atoms with E-state index >= 15 is 0 Å². The smallest absolute Gasteiger partial charge is 0.315 e. The molecule has 5 heteroatoms.